The Balaban J connectivity index is 1.83. The van der Waals surface area contributed by atoms with Crippen molar-refractivity contribution in [3.63, 3.8) is 0 Å². The average molecular weight is 315 g/mol. The second-order valence-electron chi connectivity index (χ2n) is 6.06. The molecule has 5 heteroatoms. The quantitative estimate of drug-likeness (QED) is 0.852. The Morgan fingerprint density at radius 2 is 2.00 bits per heavy atom. The van der Waals surface area contributed by atoms with E-state index in [0.29, 0.717) is 6.54 Å². The zero-order valence-electron chi connectivity index (χ0n) is 14.0. The van der Waals surface area contributed by atoms with Crippen molar-refractivity contribution >= 4 is 5.91 Å². The maximum atomic E-state index is 12.1. The molecule has 5 nitrogen and oxygen atoms in total. The molecule has 0 spiro atoms. The number of amides is 1. The van der Waals surface area contributed by atoms with Crippen molar-refractivity contribution in [2.75, 3.05) is 13.6 Å². The molecule has 1 aromatic heterocycles. The number of hydrogen-bond acceptors (Lipinski definition) is 4. The largest absolute Gasteiger partial charge is 0.361 e. The topological polar surface area (TPSA) is 72.4 Å². The summed E-state index contributed by atoms with van der Waals surface area (Å²) in [6.07, 6.45) is 1.58. The summed E-state index contributed by atoms with van der Waals surface area (Å²) < 4.78 is 5.37. The Bertz CT molecular complexity index is 622. The van der Waals surface area contributed by atoms with Gasteiger partial charge in [-0.25, -0.2) is 0 Å². The number of benzene rings is 1. The van der Waals surface area contributed by atoms with Gasteiger partial charge in [0.2, 0.25) is 5.91 Å². The maximum absolute atomic E-state index is 12.1. The van der Waals surface area contributed by atoms with Crippen molar-refractivity contribution in [3.8, 4) is 11.3 Å². The molecule has 2 unspecified atom stereocenters. The van der Waals surface area contributed by atoms with E-state index in [1.54, 1.807) is 4.90 Å². The van der Waals surface area contributed by atoms with E-state index in [2.05, 4.69) is 5.16 Å². The van der Waals surface area contributed by atoms with Crippen LogP contribution in [0.4, 0.5) is 0 Å². The van der Waals surface area contributed by atoms with Gasteiger partial charge < -0.3 is 15.2 Å². The third-order valence-corrected chi connectivity index (χ3v) is 4.10. The summed E-state index contributed by atoms with van der Waals surface area (Å²) in [4.78, 5) is 13.9. The monoisotopic (exact) mass is 315 g/mol. The first-order valence-corrected chi connectivity index (χ1v) is 8.00. The molecule has 2 rings (SSSR count). The number of nitrogens with two attached hydrogens (primary N) is 1. The summed E-state index contributed by atoms with van der Waals surface area (Å²) in [5.41, 5.74) is 7.67. The molecule has 2 atom stereocenters. The number of nitrogens with zero attached hydrogens (tertiary/aromatic N) is 2. The Morgan fingerprint density at radius 3 is 2.65 bits per heavy atom. The highest BCUT2D eigenvalue weighted by atomic mass is 16.5. The lowest BCUT2D eigenvalue weighted by Crippen LogP contribution is -2.40. The maximum Gasteiger partial charge on any atom is 0.226 e. The Morgan fingerprint density at radius 1 is 1.30 bits per heavy atom. The van der Waals surface area contributed by atoms with Crippen LogP contribution in [0.5, 0.6) is 0 Å². The van der Waals surface area contributed by atoms with Crippen LogP contribution >= 0.6 is 0 Å². The second-order valence-corrected chi connectivity index (χ2v) is 6.06. The zero-order valence-corrected chi connectivity index (χ0v) is 14.0. The molecule has 2 N–H and O–H groups in total. The smallest absolute Gasteiger partial charge is 0.226 e. The van der Waals surface area contributed by atoms with Gasteiger partial charge in [0, 0.05) is 37.7 Å². The van der Waals surface area contributed by atoms with Gasteiger partial charge in [-0.15, -0.1) is 0 Å². The molecule has 0 aliphatic heterocycles. The Hall–Kier alpha value is -2.14. The molecule has 0 aliphatic carbocycles. The van der Waals surface area contributed by atoms with E-state index in [1.807, 2.05) is 57.3 Å². The van der Waals surface area contributed by atoms with Gasteiger partial charge in [0.05, 0.1) is 5.92 Å². The highest BCUT2D eigenvalue weighted by molar-refractivity contribution is 5.78. The molecule has 23 heavy (non-hydrogen) atoms. The summed E-state index contributed by atoms with van der Waals surface area (Å²) in [6, 6.07) is 11.8. The van der Waals surface area contributed by atoms with Crippen LogP contribution in [0.3, 0.4) is 0 Å². The summed E-state index contributed by atoms with van der Waals surface area (Å²) in [5, 5.41) is 4.10. The van der Waals surface area contributed by atoms with Crippen LogP contribution in [0.25, 0.3) is 11.3 Å². The first-order chi connectivity index (χ1) is 11.0. The van der Waals surface area contributed by atoms with E-state index in [4.69, 9.17) is 10.3 Å². The minimum Gasteiger partial charge on any atom is -0.361 e. The van der Waals surface area contributed by atoms with Crippen LogP contribution in [0.2, 0.25) is 0 Å². The molecule has 0 saturated heterocycles. The summed E-state index contributed by atoms with van der Waals surface area (Å²) >= 11 is 0. The van der Waals surface area contributed by atoms with E-state index in [9.17, 15) is 4.79 Å². The molecular formula is C18H25N3O2. The van der Waals surface area contributed by atoms with Crippen molar-refractivity contribution in [1.82, 2.24) is 10.1 Å². The SMILES string of the molecule is CC(N)C(C)C(=O)N(C)CCCc1cc(-c2ccccc2)no1. The third kappa shape index (κ3) is 4.66. The second kappa shape index (κ2) is 7.92. The summed E-state index contributed by atoms with van der Waals surface area (Å²) in [6.45, 7) is 4.40. The van der Waals surface area contributed by atoms with E-state index < -0.39 is 0 Å². The first-order valence-electron chi connectivity index (χ1n) is 8.00. The highest BCUT2D eigenvalue weighted by Gasteiger charge is 2.20. The van der Waals surface area contributed by atoms with Crippen molar-refractivity contribution in [2.45, 2.75) is 32.7 Å². The lowest BCUT2D eigenvalue weighted by atomic mass is 10.0. The van der Waals surface area contributed by atoms with Gasteiger partial charge in [-0.1, -0.05) is 42.4 Å². The molecule has 2 aromatic rings. The summed E-state index contributed by atoms with van der Waals surface area (Å²) in [7, 11) is 1.82. The fraction of sp³-hybridized carbons (Fsp3) is 0.444. The molecule has 1 amide bonds. The molecule has 0 fully saturated rings. The molecular weight excluding hydrogens is 290 g/mol. The van der Waals surface area contributed by atoms with Crippen molar-refractivity contribution in [3.05, 3.63) is 42.2 Å². The van der Waals surface area contributed by atoms with E-state index in [0.717, 1.165) is 29.9 Å². The normalized spacial score (nSPS) is 13.6. The van der Waals surface area contributed by atoms with Crippen LogP contribution in [0, 0.1) is 5.92 Å². The third-order valence-electron chi connectivity index (χ3n) is 4.10. The lowest BCUT2D eigenvalue weighted by Gasteiger charge is -2.23. The van der Waals surface area contributed by atoms with Crippen LogP contribution < -0.4 is 5.73 Å². The van der Waals surface area contributed by atoms with Gasteiger partial charge in [0.15, 0.2) is 0 Å². The van der Waals surface area contributed by atoms with E-state index in [1.165, 1.54) is 0 Å². The molecule has 0 saturated carbocycles. The minimum atomic E-state index is -0.157. The van der Waals surface area contributed by atoms with Crippen molar-refractivity contribution in [1.29, 1.82) is 0 Å². The minimum absolute atomic E-state index is 0.0857. The summed E-state index contributed by atoms with van der Waals surface area (Å²) in [5.74, 6) is 0.766. The number of rotatable bonds is 7. The molecule has 0 aliphatic rings. The number of aromatic nitrogens is 1. The molecule has 124 valence electrons. The van der Waals surface area contributed by atoms with Gasteiger partial charge in [-0.2, -0.15) is 0 Å². The van der Waals surface area contributed by atoms with Gasteiger partial charge in [0.25, 0.3) is 0 Å². The van der Waals surface area contributed by atoms with E-state index >= 15 is 0 Å². The fourth-order valence-electron chi connectivity index (χ4n) is 2.35. The van der Waals surface area contributed by atoms with Gasteiger partial charge in [0.1, 0.15) is 11.5 Å². The van der Waals surface area contributed by atoms with Gasteiger partial charge in [-0.05, 0) is 13.3 Å². The highest BCUT2D eigenvalue weighted by Crippen LogP contribution is 2.19. The first kappa shape index (κ1) is 17.2. The standard InChI is InChI=1S/C18H25N3O2/c1-13(14(2)19)18(22)21(3)11-7-10-16-12-17(20-23-16)15-8-5-4-6-9-15/h4-6,8-9,12-14H,7,10-11,19H2,1-3H3. The Labute approximate surface area is 137 Å². The molecule has 1 aromatic carbocycles. The number of carbonyl (C=O) groups is 1. The number of hydrogen-bond donors (Lipinski definition) is 1. The van der Waals surface area contributed by atoms with Gasteiger partial charge in [-0.3, -0.25) is 4.79 Å². The van der Waals surface area contributed by atoms with Crippen LogP contribution in [-0.2, 0) is 11.2 Å². The molecule has 0 bridgehead atoms. The number of aryl methyl sites for hydroxylation is 1. The van der Waals surface area contributed by atoms with Crippen LogP contribution in [0.15, 0.2) is 40.9 Å². The van der Waals surface area contributed by atoms with Crippen molar-refractivity contribution < 1.29 is 9.32 Å². The average Bonchev–Trinajstić information content (AvgIpc) is 3.03. The van der Waals surface area contributed by atoms with Crippen LogP contribution in [0.1, 0.15) is 26.0 Å². The van der Waals surface area contributed by atoms with E-state index in [-0.39, 0.29) is 17.9 Å². The van der Waals surface area contributed by atoms with Crippen molar-refractivity contribution in [2.24, 2.45) is 11.7 Å². The van der Waals surface area contributed by atoms with Gasteiger partial charge >= 0.3 is 0 Å². The van der Waals surface area contributed by atoms with Crippen LogP contribution in [-0.4, -0.2) is 35.6 Å². The number of carbonyl (C=O) groups excluding carboxylic acids is 1. The molecule has 0 radical (unpaired) electrons. The zero-order chi connectivity index (χ0) is 16.8. The predicted molar refractivity (Wildman–Crippen MR) is 90.7 cm³/mol. The molecule has 1 heterocycles. The Kier molecular flexibility index (Phi) is 5.93. The lowest BCUT2D eigenvalue weighted by molar-refractivity contribution is -0.134. The fourth-order valence-corrected chi connectivity index (χ4v) is 2.35. The predicted octanol–water partition coefficient (Wildman–Crippen LogP) is 2.72.